The van der Waals surface area contributed by atoms with Crippen molar-refractivity contribution >= 4 is 15.9 Å². The van der Waals surface area contributed by atoms with Crippen LogP contribution in [0.3, 0.4) is 0 Å². The van der Waals surface area contributed by atoms with E-state index >= 15 is 0 Å². The first-order valence-electron chi connectivity index (χ1n) is 10.4. The lowest BCUT2D eigenvalue weighted by molar-refractivity contribution is -0.132. The molecule has 9 heteroatoms. The van der Waals surface area contributed by atoms with Crippen molar-refractivity contribution in [3.63, 3.8) is 0 Å². The Kier molecular flexibility index (Phi) is 6.19. The van der Waals surface area contributed by atoms with Crippen LogP contribution in [0.4, 0.5) is 4.39 Å². The van der Waals surface area contributed by atoms with Crippen LogP contribution in [0.25, 0.3) is 0 Å². The van der Waals surface area contributed by atoms with Crippen molar-refractivity contribution in [2.75, 3.05) is 31.9 Å². The summed E-state index contributed by atoms with van der Waals surface area (Å²) in [5.74, 6) is 0.956. The van der Waals surface area contributed by atoms with Crippen molar-refractivity contribution in [1.29, 1.82) is 0 Å². The van der Waals surface area contributed by atoms with Crippen LogP contribution in [0.5, 0.6) is 0 Å². The topological polar surface area (TPSA) is 83.7 Å². The second-order valence-electron chi connectivity index (χ2n) is 8.00. The van der Waals surface area contributed by atoms with E-state index < -0.39 is 10.0 Å². The van der Waals surface area contributed by atoms with E-state index in [0.29, 0.717) is 44.1 Å². The van der Waals surface area contributed by atoms with Crippen molar-refractivity contribution in [3.05, 3.63) is 53.5 Å². The number of carbonyl (C=O) groups is 1. The fourth-order valence-corrected chi connectivity index (χ4v) is 5.61. The highest BCUT2D eigenvalue weighted by Crippen LogP contribution is 2.27. The number of carbonyl (C=O) groups excluding carboxylic acids is 1. The van der Waals surface area contributed by atoms with Crippen LogP contribution in [0.2, 0.25) is 0 Å². The van der Waals surface area contributed by atoms with Crippen LogP contribution in [0.15, 0.2) is 34.9 Å². The Morgan fingerprint density at radius 2 is 1.97 bits per heavy atom. The second-order valence-corrected chi connectivity index (χ2v) is 10.1. The Bertz CT molecular complexity index is 990. The zero-order valence-electron chi connectivity index (χ0n) is 16.8. The number of likely N-dealkylation sites (tertiary alicyclic amines) is 1. The maximum Gasteiger partial charge on any atom is 0.237 e. The summed E-state index contributed by atoms with van der Waals surface area (Å²) in [7, 11) is -3.32. The lowest BCUT2D eigenvalue weighted by atomic mass is 9.98. The number of nitrogens with zero attached hydrogens (tertiary/aromatic N) is 3. The van der Waals surface area contributed by atoms with E-state index in [9.17, 15) is 17.6 Å². The first-order valence-corrected chi connectivity index (χ1v) is 12.0. The Balaban J connectivity index is 1.37. The summed E-state index contributed by atoms with van der Waals surface area (Å²) in [6, 6.07) is 6.26. The first kappa shape index (κ1) is 21.0. The van der Waals surface area contributed by atoms with Crippen molar-refractivity contribution in [2.24, 2.45) is 0 Å². The minimum absolute atomic E-state index is 0.0115. The minimum Gasteiger partial charge on any atom is -0.445 e. The van der Waals surface area contributed by atoms with Gasteiger partial charge in [0.1, 0.15) is 11.6 Å². The smallest absolute Gasteiger partial charge is 0.237 e. The highest BCUT2D eigenvalue weighted by molar-refractivity contribution is 7.89. The highest BCUT2D eigenvalue weighted by atomic mass is 32.2. The predicted octanol–water partition coefficient (Wildman–Crippen LogP) is 2.54. The van der Waals surface area contributed by atoms with Gasteiger partial charge in [-0.2, -0.15) is 4.31 Å². The van der Waals surface area contributed by atoms with E-state index in [1.54, 1.807) is 23.2 Å². The van der Waals surface area contributed by atoms with Crippen molar-refractivity contribution in [1.82, 2.24) is 14.2 Å². The van der Waals surface area contributed by atoms with Gasteiger partial charge in [-0.25, -0.2) is 17.8 Å². The summed E-state index contributed by atoms with van der Waals surface area (Å²) in [4.78, 5) is 18.9. The molecule has 0 N–H and O–H groups in total. The zero-order chi connectivity index (χ0) is 21.1. The monoisotopic (exact) mass is 435 g/mol. The number of hydrogen-bond acceptors (Lipinski definition) is 5. The van der Waals surface area contributed by atoms with Crippen LogP contribution in [-0.2, 0) is 21.2 Å². The molecular formula is C21H26FN3O4S. The van der Waals surface area contributed by atoms with E-state index in [1.165, 1.54) is 16.4 Å². The van der Waals surface area contributed by atoms with E-state index in [0.717, 1.165) is 24.8 Å². The first-order chi connectivity index (χ1) is 14.4. The van der Waals surface area contributed by atoms with Crippen LogP contribution in [0, 0.1) is 5.82 Å². The number of aromatic nitrogens is 1. The standard InChI is InChI=1S/C21H26FN3O4S/c22-18-7-5-16(6-8-18)12-19-13-23-21(29-19)17-4-3-9-24(14-17)20(26)15-25-10-1-2-11-30(25,27)28/h5-8,13,17H,1-4,9-12,14-15H2. The lowest BCUT2D eigenvalue weighted by Gasteiger charge is -2.33. The molecule has 2 fully saturated rings. The van der Waals surface area contributed by atoms with E-state index in [1.807, 2.05) is 0 Å². The fraction of sp³-hybridized carbons (Fsp3) is 0.524. The molecule has 1 aromatic heterocycles. The minimum atomic E-state index is -3.32. The quantitative estimate of drug-likeness (QED) is 0.721. The van der Waals surface area contributed by atoms with Gasteiger partial charge in [0.05, 0.1) is 24.4 Å². The van der Waals surface area contributed by atoms with Gasteiger partial charge in [-0.15, -0.1) is 0 Å². The summed E-state index contributed by atoms with van der Waals surface area (Å²) >= 11 is 0. The van der Waals surface area contributed by atoms with Crippen LogP contribution in [0.1, 0.15) is 48.8 Å². The molecule has 1 aromatic carbocycles. The largest absolute Gasteiger partial charge is 0.445 e. The summed E-state index contributed by atoms with van der Waals surface area (Å²) in [5.41, 5.74) is 0.933. The van der Waals surface area contributed by atoms with Crippen molar-refractivity contribution in [3.8, 4) is 0 Å². The molecule has 7 nitrogen and oxygen atoms in total. The number of hydrogen-bond donors (Lipinski definition) is 0. The van der Waals surface area contributed by atoms with Gasteiger partial charge in [-0.05, 0) is 43.4 Å². The number of piperidine rings is 1. The molecule has 1 amide bonds. The maximum absolute atomic E-state index is 13.1. The molecule has 3 heterocycles. The summed E-state index contributed by atoms with van der Waals surface area (Å²) in [5, 5.41) is 0. The van der Waals surface area contributed by atoms with Gasteiger partial charge in [-0.1, -0.05) is 12.1 Å². The number of rotatable bonds is 5. The molecule has 2 aliphatic rings. The molecule has 30 heavy (non-hydrogen) atoms. The number of halogens is 1. The second kappa shape index (κ2) is 8.85. The molecule has 0 radical (unpaired) electrons. The van der Waals surface area contributed by atoms with Gasteiger partial charge in [0.25, 0.3) is 0 Å². The number of amides is 1. The molecule has 1 unspecified atom stereocenters. The van der Waals surface area contributed by atoms with Crippen LogP contribution < -0.4 is 0 Å². The molecule has 0 bridgehead atoms. The molecule has 4 rings (SSSR count). The fourth-order valence-electron chi connectivity index (χ4n) is 4.07. The normalized spacial score (nSPS) is 22.2. The third-order valence-corrected chi connectivity index (χ3v) is 7.65. The Labute approximate surface area is 175 Å². The zero-order valence-corrected chi connectivity index (χ0v) is 17.6. The Morgan fingerprint density at radius 1 is 1.17 bits per heavy atom. The third kappa shape index (κ3) is 4.89. The number of sulfonamides is 1. The van der Waals surface area contributed by atoms with Crippen LogP contribution in [-0.4, -0.2) is 60.4 Å². The summed E-state index contributed by atoms with van der Waals surface area (Å²) in [6.07, 6.45) is 5.34. The van der Waals surface area contributed by atoms with Crippen LogP contribution >= 0.6 is 0 Å². The third-order valence-electron chi connectivity index (χ3n) is 5.75. The lowest BCUT2D eigenvalue weighted by Crippen LogP contribution is -2.48. The maximum atomic E-state index is 13.1. The number of benzene rings is 1. The Hall–Kier alpha value is -2.26. The van der Waals surface area contributed by atoms with Gasteiger partial charge in [-0.3, -0.25) is 4.79 Å². The van der Waals surface area contributed by atoms with Gasteiger partial charge >= 0.3 is 0 Å². The molecule has 162 valence electrons. The number of oxazole rings is 1. The Morgan fingerprint density at radius 3 is 2.73 bits per heavy atom. The molecule has 0 spiro atoms. The molecular weight excluding hydrogens is 409 g/mol. The molecule has 2 aromatic rings. The summed E-state index contributed by atoms with van der Waals surface area (Å²) in [6.45, 7) is 1.42. The van der Waals surface area contributed by atoms with Crippen molar-refractivity contribution < 1.29 is 22.0 Å². The van der Waals surface area contributed by atoms with E-state index in [4.69, 9.17) is 4.42 Å². The van der Waals surface area contributed by atoms with Gasteiger partial charge in [0, 0.05) is 26.1 Å². The summed E-state index contributed by atoms with van der Waals surface area (Å²) < 4.78 is 44.6. The molecule has 2 saturated heterocycles. The molecule has 1 atom stereocenters. The predicted molar refractivity (Wildman–Crippen MR) is 109 cm³/mol. The van der Waals surface area contributed by atoms with E-state index in [-0.39, 0.29) is 29.9 Å². The highest BCUT2D eigenvalue weighted by Gasteiger charge is 2.32. The average Bonchev–Trinajstić information content (AvgIpc) is 3.20. The van der Waals surface area contributed by atoms with E-state index in [2.05, 4.69) is 4.98 Å². The van der Waals surface area contributed by atoms with Gasteiger partial charge in [0.15, 0.2) is 5.89 Å². The average molecular weight is 436 g/mol. The molecule has 2 aliphatic heterocycles. The van der Waals surface area contributed by atoms with Gasteiger partial charge < -0.3 is 9.32 Å². The molecule has 0 saturated carbocycles. The van der Waals surface area contributed by atoms with Gasteiger partial charge in [0.2, 0.25) is 15.9 Å². The molecule has 0 aliphatic carbocycles. The van der Waals surface area contributed by atoms with Crippen molar-refractivity contribution in [2.45, 2.75) is 38.0 Å². The SMILES string of the molecule is O=C(CN1CCCCS1(=O)=O)N1CCCC(c2ncc(Cc3ccc(F)cc3)o2)C1.